The van der Waals surface area contributed by atoms with Gasteiger partial charge in [-0.25, -0.2) is 4.79 Å². The van der Waals surface area contributed by atoms with E-state index in [4.69, 9.17) is 34.4 Å². The zero-order valence-electron chi connectivity index (χ0n) is 21.1. The summed E-state index contributed by atoms with van der Waals surface area (Å²) in [6, 6.07) is -5.57. The number of aliphatic hydroxyl groups excluding tert-OH is 1. The Morgan fingerprint density at radius 1 is 0.763 bits per heavy atom. The van der Waals surface area contributed by atoms with Gasteiger partial charge >= 0.3 is 5.97 Å². The smallest absolute Gasteiger partial charge is 0.326 e. The minimum atomic E-state index is -1.69. The zero-order valence-corrected chi connectivity index (χ0v) is 21.1. The van der Waals surface area contributed by atoms with Gasteiger partial charge < -0.3 is 60.6 Å². The molecule has 0 rings (SSSR count). The number of aliphatic hydroxyl groups is 1. The number of guanidine groups is 2. The molecule has 17 N–H and O–H groups in total. The molecule has 18 nitrogen and oxygen atoms in total. The summed E-state index contributed by atoms with van der Waals surface area (Å²) in [6.45, 7) is 1.54. The molecule has 0 radical (unpaired) electrons. The van der Waals surface area contributed by atoms with Crippen LogP contribution in [-0.2, 0) is 24.0 Å². The number of hydrogen-bond acceptors (Lipinski definition) is 9. The summed E-state index contributed by atoms with van der Waals surface area (Å²) < 4.78 is 0. The average Bonchev–Trinajstić information content (AvgIpc) is 2.80. The molecular weight excluding hydrogens is 506 g/mol. The van der Waals surface area contributed by atoms with Gasteiger partial charge in [0.25, 0.3) is 0 Å². The number of aliphatic imine (C=N–C) groups is 2. The molecule has 4 amide bonds. The molecule has 216 valence electrons. The fourth-order valence-corrected chi connectivity index (χ4v) is 3.02. The Hall–Kier alpha value is -4.19. The second kappa shape index (κ2) is 17.3. The van der Waals surface area contributed by atoms with Crippen LogP contribution >= 0.6 is 0 Å². The molecule has 0 aliphatic carbocycles. The molecule has 0 saturated carbocycles. The number of hydrogen-bond donors (Lipinski definition) is 11. The van der Waals surface area contributed by atoms with Crippen LogP contribution in [0.15, 0.2) is 9.98 Å². The van der Waals surface area contributed by atoms with E-state index < -0.39 is 66.3 Å². The lowest BCUT2D eigenvalue weighted by Crippen LogP contribution is -2.60. The van der Waals surface area contributed by atoms with Gasteiger partial charge in [0, 0.05) is 13.1 Å². The highest BCUT2D eigenvalue weighted by molar-refractivity contribution is 5.95. The summed E-state index contributed by atoms with van der Waals surface area (Å²) in [4.78, 5) is 68.2. The number of carbonyl (C=O) groups excluding carboxylic acids is 4. The van der Waals surface area contributed by atoms with Crippen molar-refractivity contribution in [2.24, 2.45) is 44.4 Å². The van der Waals surface area contributed by atoms with Crippen molar-refractivity contribution in [1.82, 2.24) is 16.0 Å². The summed E-state index contributed by atoms with van der Waals surface area (Å²) >= 11 is 0. The molecule has 0 heterocycles. The van der Waals surface area contributed by atoms with E-state index in [1.807, 2.05) is 5.32 Å². The van der Waals surface area contributed by atoms with E-state index in [2.05, 4.69) is 20.6 Å². The standard InChI is InChI=1S/C20H39N11O7/c1-9(32)14(17(36)30-12(18(37)38)8-13(22)33)31-16(35)11(5-3-7-28-20(25)26)29-15(34)10(21)4-2-6-27-19(23)24/h9-12,14,32H,2-8,21H2,1H3,(H2,22,33)(H,29,34)(H,30,36)(H,31,35)(H,37,38)(H4,23,24,27)(H4,25,26,28). The number of nitrogens with zero attached hydrogens (tertiary/aromatic N) is 2. The fourth-order valence-electron chi connectivity index (χ4n) is 3.02. The van der Waals surface area contributed by atoms with Crippen LogP contribution in [0.2, 0.25) is 0 Å². The molecule has 0 aliphatic heterocycles. The monoisotopic (exact) mass is 545 g/mol. The molecule has 0 fully saturated rings. The Kier molecular flexibility index (Phi) is 15.4. The highest BCUT2D eigenvalue weighted by atomic mass is 16.4. The van der Waals surface area contributed by atoms with E-state index in [1.165, 1.54) is 6.92 Å². The number of nitrogens with one attached hydrogen (secondary N) is 3. The summed E-state index contributed by atoms with van der Waals surface area (Å²) in [7, 11) is 0. The zero-order chi connectivity index (χ0) is 29.4. The maximum Gasteiger partial charge on any atom is 0.326 e. The van der Waals surface area contributed by atoms with Gasteiger partial charge in [0.2, 0.25) is 23.6 Å². The Morgan fingerprint density at radius 3 is 1.71 bits per heavy atom. The minimum Gasteiger partial charge on any atom is -0.480 e. The van der Waals surface area contributed by atoms with Crippen molar-refractivity contribution in [2.45, 2.75) is 69.3 Å². The second-order valence-corrected chi connectivity index (χ2v) is 8.36. The Bertz CT molecular complexity index is 887. The molecule has 0 aromatic heterocycles. The Balaban J connectivity index is 5.51. The summed E-state index contributed by atoms with van der Waals surface area (Å²) in [6.07, 6.45) is -1.37. The van der Waals surface area contributed by atoms with E-state index in [1.54, 1.807) is 0 Å². The molecule has 0 aliphatic rings. The molecule has 0 aromatic carbocycles. The maximum absolute atomic E-state index is 13.0. The average molecular weight is 546 g/mol. The lowest BCUT2D eigenvalue weighted by Gasteiger charge is -2.26. The van der Waals surface area contributed by atoms with Gasteiger partial charge in [0.15, 0.2) is 11.9 Å². The van der Waals surface area contributed by atoms with Crippen LogP contribution in [0.5, 0.6) is 0 Å². The first-order chi connectivity index (χ1) is 17.6. The number of primary amides is 1. The highest BCUT2D eigenvalue weighted by Crippen LogP contribution is 2.05. The van der Waals surface area contributed by atoms with Crippen LogP contribution < -0.4 is 50.4 Å². The quantitative estimate of drug-likeness (QED) is 0.0435. The molecule has 5 atom stereocenters. The van der Waals surface area contributed by atoms with E-state index in [9.17, 15) is 34.2 Å². The first kappa shape index (κ1) is 33.8. The SMILES string of the molecule is CC(O)C(NC(=O)C(CCCN=C(N)N)NC(=O)C(N)CCCN=C(N)N)C(=O)NC(CC(N)=O)C(=O)O. The van der Waals surface area contributed by atoms with Gasteiger partial charge in [-0.3, -0.25) is 29.2 Å². The second-order valence-electron chi connectivity index (χ2n) is 8.36. The van der Waals surface area contributed by atoms with Crippen molar-refractivity contribution < 1.29 is 34.2 Å². The van der Waals surface area contributed by atoms with Crippen LogP contribution in [0, 0.1) is 0 Å². The molecule has 0 saturated heterocycles. The number of carbonyl (C=O) groups is 5. The molecule has 5 unspecified atom stereocenters. The minimum absolute atomic E-state index is 0.0165. The van der Waals surface area contributed by atoms with Crippen molar-refractivity contribution in [3.05, 3.63) is 0 Å². The first-order valence-electron chi connectivity index (χ1n) is 11.6. The van der Waals surface area contributed by atoms with Crippen LogP contribution in [0.25, 0.3) is 0 Å². The molecule has 0 aromatic rings. The summed E-state index contributed by atoms with van der Waals surface area (Å²) in [5.74, 6) is -5.47. The van der Waals surface area contributed by atoms with Gasteiger partial charge in [-0.15, -0.1) is 0 Å². The van der Waals surface area contributed by atoms with E-state index in [0.717, 1.165) is 0 Å². The van der Waals surface area contributed by atoms with Gasteiger partial charge in [-0.2, -0.15) is 0 Å². The number of carboxylic acids is 1. The third-order valence-corrected chi connectivity index (χ3v) is 4.97. The van der Waals surface area contributed by atoms with Gasteiger partial charge in [-0.1, -0.05) is 0 Å². The van der Waals surface area contributed by atoms with Gasteiger partial charge in [-0.05, 0) is 32.6 Å². The van der Waals surface area contributed by atoms with Crippen molar-refractivity contribution >= 4 is 41.5 Å². The third kappa shape index (κ3) is 14.4. The molecule has 38 heavy (non-hydrogen) atoms. The maximum atomic E-state index is 13.0. The first-order valence-corrected chi connectivity index (χ1v) is 11.6. The van der Waals surface area contributed by atoms with Crippen LogP contribution in [-0.4, -0.2) is 95.1 Å². The van der Waals surface area contributed by atoms with Crippen LogP contribution in [0.4, 0.5) is 0 Å². The number of aliphatic carboxylic acids is 1. The third-order valence-electron chi connectivity index (χ3n) is 4.97. The van der Waals surface area contributed by atoms with Crippen LogP contribution in [0.3, 0.4) is 0 Å². The van der Waals surface area contributed by atoms with E-state index in [-0.39, 0.29) is 44.3 Å². The van der Waals surface area contributed by atoms with E-state index in [0.29, 0.717) is 6.42 Å². The fraction of sp³-hybridized carbons (Fsp3) is 0.650. The lowest BCUT2D eigenvalue weighted by molar-refractivity contribution is -0.144. The predicted octanol–water partition coefficient (Wildman–Crippen LogP) is -5.78. The summed E-state index contributed by atoms with van der Waals surface area (Å²) in [5, 5.41) is 26.0. The van der Waals surface area contributed by atoms with Crippen LogP contribution in [0.1, 0.15) is 39.0 Å². The van der Waals surface area contributed by atoms with E-state index >= 15 is 0 Å². The molecule has 0 spiro atoms. The Labute approximate surface area is 219 Å². The van der Waals surface area contributed by atoms with Crippen molar-refractivity contribution in [3.8, 4) is 0 Å². The normalized spacial score (nSPS) is 14.5. The van der Waals surface area contributed by atoms with Gasteiger partial charge in [0.05, 0.1) is 18.6 Å². The molecular formula is C20H39N11O7. The number of rotatable bonds is 18. The molecule has 18 heteroatoms. The summed E-state index contributed by atoms with van der Waals surface area (Å²) in [5.41, 5.74) is 31.9. The highest BCUT2D eigenvalue weighted by Gasteiger charge is 2.33. The van der Waals surface area contributed by atoms with Gasteiger partial charge in [0.1, 0.15) is 18.1 Å². The Morgan fingerprint density at radius 2 is 1.26 bits per heavy atom. The van der Waals surface area contributed by atoms with Crippen molar-refractivity contribution in [1.29, 1.82) is 0 Å². The topological polar surface area (TPSA) is 343 Å². The lowest BCUT2D eigenvalue weighted by atomic mass is 10.1. The molecule has 0 bridgehead atoms. The number of nitrogens with two attached hydrogens (primary N) is 6. The number of amides is 4. The largest absolute Gasteiger partial charge is 0.480 e. The van der Waals surface area contributed by atoms with Crippen molar-refractivity contribution in [3.63, 3.8) is 0 Å². The number of carboxylic acid groups (broad SMARTS) is 1. The predicted molar refractivity (Wildman–Crippen MR) is 137 cm³/mol. The van der Waals surface area contributed by atoms with Crippen molar-refractivity contribution in [2.75, 3.05) is 13.1 Å².